The van der Waals surface area contributed by atoms with Gasteiger partial charge in [0.05, 0.1) is 30.0 Å². The van der Waals surface area contributed by atoms with Gasteiger partial charge in [0, 0.05) is 45.4 Å². The molecule has 1 amide bonds. The molecule has 2 aliphatic rings. The summed E-state index contributed by atoms with van der Waals surface area (Å²) in [7, 11) is 0. The van der Waals surface area contributed by atoms with Gasteiger partial charge in [-0.05, 0) is 38.4 Å². The molecule has 0 aliphatic carbocycles. The van der Waals surface area contributed by atoms with Crippen LogP contribution in [0.2, 0.25) is 0 Å². The Kier molecular flexibility index (Phi) is 7.19. The van der Waals surface area contributed by atoms with Crippen molar-refractivity contribution in [3.63, 3.8) is 0 Å². The van der Waals surface area contributed by atoms with Crippen molar-refractivity contribution < 1.29 is 13.9 Å². The number of aromatic nitrogens is 5. The molecule has 0 unspecified atom stereocenters. The number of hydrogen-bond donors (Lipinski definition) is 1. The van der Waals surface area contributed by atoms with Crippen molar-refractivity contribution in [2.45, 2.75) is 32.7 Å². The lowest BCUT2D eigenvalue weighted by atomic mass is 10.1. The summed E-state index contributed by atoms with van der Waals surface area (Å²) in [5.74, 6) is 0.454. The zero-order valence-corrected chi connectivity index (χ0v) is 20.7. The molecule has 2 fully saturated rings. The van der Waals surface area contributed by atoms with Crippen LogP contribution in [-0.4, -0.2) is 86.1 Å². The van der Waals surface area contributed by atoms with E-state index in [1.807, 2.05) is 16.4 Å². The monoisotopic (exact) mass is 494 g/mol. The largest absolute Gasteiger partial charge is 0.381 e. The van der Waals surface area contributed by atoms with Crippen molar-refractivity contribution in [1.29, 1.82) is 0 Å². The van der Waals surface area contributed by atoms with Gasteiger partial charge in [0.1, 0.15) is 17.2 Å². The van der Waals surface area contributed by atoms with Gasteiger partial charge in [-0.25, -0.2) is 24.3 Å². The van der Waals surface area contributed by atoms with Gasteiger partial charge in [-0.2, -0.15) is 0 Å². The first-order valence-corrected chi connectivity index (χ1v) is 12.4. The summed E-state index contributed by atoms with van der Waals surface area (Å²) < 4.78 is 22.4. The Balaban J connectivity index is 1.31. The van der Waals surface area contributed by atoms with E-state index in [4.69, 9.17) is 4.74 Å². The number of rotatable bonds is 6. The molecule has 3 aromatic rings. The van der Waals surface area contributed by atoms with Crippen LogP contribution in [-0.2, 0) is 4.74 Å². The first-order chi connectivity index (χ1) is 17.5. The first-order valence-electron chi connectivity index (χ1n) is 12.4. The Labute approximate surface area is 209 Å². The number of nitrogens with zero attached hydrogens (tertiary/aromatic N) is 7. The van der Waals surface area contributed by atoms with E-state index in [2.05, 4.69) is 37.1 Å². The van der Waals surface area contributed by atoms with Gasteiger partial charge in [0.2, 0.25) is 5.95 Å². The van der Waals surface area contributed by atoms with E-state index in [-0.39, 0.29) is 23.6 Å². The topological polar surface area (TPSA) is 101 Å². The second-order valence-corrected chi connectivity index (χ2v) is 9.08. The third-order valence-electron chi connectivity index (χ3n) is 6.87. The second-order valence-electron chi connectivity index (χ2n) is 9.08. The zero-order valence-electron chi connectivity index (χ0n) is 20.7. The number of aryl methyl sites for hydroxylation is 1. The van der Waals surface area contributed by atoms with Gasteiger partial charge in [-0.1, -0.05) is 6.92 Å². The van der Waals surface area contributed by atoms with E-state index in [1.165, 1.54) is 0 Å². The highest BCUT2D eigenvalue weighted by Crippen LogP contribution is 2.31. The fourth-order valence-electron chi connectivity index (χ4n) is 4.79. The van der Waals surface area contributed by atoms with Crippen LogP contribution in [0.15, 0.2) is 30.7 Å². The Bertz CT molecular complexity index is 1200. The quantitative estimate of drug-likeness (QED) is 0.558. The molecule has 2 aliphatic heterocycles. The van der Waals surface area contributed by atoms with Crippen molar-refractivity contribution in [1.82, 2.24) is 34.3 Å². The average molecular weight is 495 g/mol. The summed E-state index contributed by atoms with van der Waals surface area (Å²) in [5, 5.41) is 3.07. The summed E-state index contributed by atoms with van der Waals surface area (Å²) in [5.41, 5.74) is 1.80. The molecule has 190 valence electrons. The maximum absolute atomic E-state index is 14.8. The third-order valence-corrected chi connectivity index (χ3v) is 6.87. The minimum atomic E-state index is -0.518. The summed E-state index contributed by atoms with van der Waals surface area (Å²) >= 11 is 0. The number of imidazole rings is 1. The number of likely N-dealkylation sites (N-methyl/N-ethyl adjacent to an activating group) is 1. The molecule has 5 rings (SSSR count). The number of carbonyl (C=O) groups is 1. The molecule has 5 heterocycles. The summed E-state index contributed by atoms with van der Waals surface area (Å²) in [6, 6.07) is 3.62. The molecule has 0 spiro atoms. The summed E-state index contributed by atoms with van der Waals surface area (Å²) in [6.45, 7) is 9.51. The maximum atomic E-state index is 14.8. The van der Waals surface area contributed by atoms with Crippen molar-refractivity contribution in [3.05, 3.63) is 48.1 Å². The lowest BCUT2D eigenvalue weighted by Crippen LogP contribution is -2.48. The molecule has 1 N–H and O–H groups in total. The molecular formula is C25H31FN8O2. The Morgan fingerprint density at radius 2 is 1.86 bits per heavy atom. The normalized spacial score (nSPS) is 17.4. The number of halogens is 1. The Hall–Kier alpha value is -3.44. The molecule has 0 saturated carbocycles. The van der Waals surface area contributed by atoms with E-state index < -0.39 is 5.82 Å². The molecule has 11 heteroatoms. The fraction of sp³-hybridized carbons (Fsp3) is 0.480. The fourth-order valence-corrected chi connectivity index (χ4v) is 4.79. The zero-order chi connectivity index (χ0) is 25.1. The molecule has 36 heavy (non-hydrogen) atoms. The number of carbonyl (C=O) groups excluding carboxylic acids is 1. The second kappa shape index (κ2) is 10.7. The standard InChI is InChI=1S/C25H31FN8O2/c1-3-32-8-10-33(11-9-32)24(35)21-5-4-18(14-28-21)30-25-29-15-20(26)23(31-25)22-16-27-17(2)34(22)19-6-12-36-13-7-19/h4-5,14-16,19H,3,6-13H2,1-2H3,(H,29,30,31). The molecule has 0 bridgehead atoms. The molecule has 3 aromatic heterocycles. The highest BCUT2D eigenvalue weighted by Gasteiger charge is 2.24. The molecular weight excluding hydrogens is 463 g/mol. The highest BCUT2D eigenvalue weighted by atomic mass is 19.1. The predicted octanol–water partition coefficient (Wildman–Crippen LogP) is 3.06. The SMILES string of the molecule is CCN1CCN(C(=O)c2ccc(Nc3ncc(F)c(-c4cnc(C)n4C4CCOCC4)n3)cn2)CC1. The number of pyridine rings is 1. The Morgan fingerprint density at radius 1 is 1.08 bits per heavy atom. The number of amides is 1. The molecule has 0 radical (unpaired) electrons. The minimum absolute atomic E-state index is 0.0747. The Morgan fingerprint density at radius 3 is 2.56 bits per heavy atom. The van der Waals surface area contributed by atoms with Crippen LogP contribution in [0.3, 0.4) is 0 Å². The van der Waals surface area contributed by atoms with Crippen LogP contribution < -0.4 is 5.32 Å². The molecule has 0 atom stereocenters. The van der Waals surface area contributed by atoms with Crippen LogP contribution in [0.25, 0.3) is 11.4 Å². The van der Waals surface area contributed by atoms with E-state index in [9.17, 15) is 9.18 Å². The third kappa shape index (κ3) is 5.07. The first kappa shape index (κ1) is 24.3. The van der Waals surface area contributed by atoms with Gasteiger partial charge >= 0.3 is 0 Å². The molecule has 10 nitrogen and oxygen atoms in total. The number of nitrogens with one attached hydrogen (secondary N) is 1. The highest BCUT2D eigenvalue weighted by molar-refractivity contribution is 5.92. The lowest BCUT2D eigenvalue weighted by molar-refractivity contribution is 0.0637. The number of ether oxygens (including phenoxy) is 1. The van der Waals surface area contributed by atoms with Crippen LogP contribution in [0, 0.1) is 12.7 Å². The minimum Gasteiger partial charge on any atom is -0.381 e. The smallest absolute Gasteiger partial charge is 0.272 e. The van der Waals surface area contributed by atoms with Gasteiger partial charge in [0.25, 0.3) is 5.91 Å². The van der Waals surface area contributed by atoms with Crippen LogP contribution in [0.5, 0.6) is 0 Å². The molecule has 2 saturated heterocycles. The van der Waals surface area contributed by atoms with E-state index >= 15 is 0 Å². The number of hydrogen-bond acceptors (Lipinski definition) is 8. The van der Waals surface area contributed by atoms with Gasteiger partial charge in [-0.3, -0.25) is 4.79 Å². The summed E-state index contributed by atoms with van der Waals surface area (Å²) in [6.07, 6.45) is 6.06. The number of piperazine rings is 1. The summed E-state index contributed by atoms with van der Waals surface area (Å²) in [4.78, 5) is 34.3. The van der Waals surface area contributed by atoms with Gasteiger partial charge in [0.15, 0.2) is 5.82 Å². The van der Waals surface area contributed by atoms with Crippen molar-refractivity contribution in [2.75, 3.05) is 51.3 Å². The van der Waals surface area contributed by atoms with E-state index in [0.29, 0.717) is 43.4 Å². The predicted molar refractivity (Wildman–Crippen MR) is 133 cm³/mol. The van der Waals surface area contributed by atoms with Crippen molar-refractivity contribution >= 4 is 17.5 Å². The van der Waals surface area contributed by atoms with E-state index in [1.54, 1.807) is 24.5 Å². The molecule has 0 aromatic carbocycles. The van der Waals surface area contributed by atoms with Gasteiger partial charge in [-0.15, -0.1) is 0 Å². The van der Waals surface area contributed by atoms with Gasteiger partial charge < -0.3 is 24.4 Å². The maximum Gasteiger partial charge on any atom is 0.272 e. The van der Waals surface area contributed by atoms with Crippen LogP contribution in [0.4, 0.5) is 16.0 Å². The average Bonchev–Trinajstić information content (AvgIpc) is 3.31. The van der Waals surface area contributed by atoms with Crippen LogP contribution in [0.1, 0.15) is 42.1 Å². The number of anilines is 2. The van der Waals surface area contributed by atoms with Crippen molar-refractivity contribution in [3.8, 4) is 11.4 Å². The van der Waals surface area contributed by atoms with E-state index in [0.717, 1.165) is 44.5 Å². The van der Waals surface area contributed by atoms with Crippen molar-refractivity contribution in [2.24, 2.45) is 0 Å². The van der Waals surface area contributed by atoms with Crippen LogP contribution >= 0.6 is 0 Å². The lowest BCUT2D eigenvalue weighted by Gasteiger charge is -2.33.